The molecule has 162 valence electrons. The van der Waals surface area contributed by atoms with Gasteiger partial charge in [-0.3, -0.25) is 14.8 Å². The van der Waals surface area contributed by atoms with Crippen molar-refractivity contribution in [1.29, 1.82) is 0 Å². The van der Waals surface area contributed by atoms with Crippen LogP contribution in [0.15, 0.2) is 42.5 Å². The maximum absolute atomic E-state index is 11.6. The third-order valence-corrected chi connectivity index (χ3v) is 5.56. The van der Waals surface area contributed by atoms with Gasteiger partial charge in [0.05, 0.1) is 17.8 Å². The van der Waals surface area contributed by atoms with Crippen LogP contribution in [-0.2, 0) is 0 Å². The third-order valence-electron chi connectivity index (χ3n) is 4.99. The first kappa shape index (κ1) is 24.5. The Labute approximate surface area is 216 Å². The van der Waals surface area contributed by atoms with Gasteiger partial charge in [0.2, 0.25) is 0 Å². The van der Waals surface area contributed by atoms with Crippen molar-refractivity contribution < 1.29 is 49.3 Å². The zero-order valence-corrected chi connectivity index (χ0v) is 21.0. The number of aliphatic hydroxyl groups is 1. The van der Waals surface area contributed by atoms with Crippen LogP contribution in [0.25, 0.3) is 5.69 Å². The second-order valence-corrected chi connectivity index (χ2v) is 7.84. The van der Waals surface area contributed by atoms with Crippen molar-refractivity contribution in [1.82, 2.24) is 14.8 Å². The fourth-order valence-electron chi connectivity index (χ4n) is 3.51. The molecule has 0 amide bonds. The van der Waals surface area contributed by atoms with E-state index >= 15 is 0 Å². The fourth-order valence-corrected chi connectivity index (χ4v) is 4.06. The molecular weight excluding hydrogens is 461 g/mol. The fraction of sp³-hybridized carbons (Fsp3) is 0.250. The monoisotopic (exact) mass is 481 g/mol. The van der Waals surface area contributed by atoms with Crippen LogP contribution in [0.4, 0.5) is 11.4 Å². The molecule has 0 aliphatic carbocycles. The minimum Gasteiger partial charge on any atom is -0.545 e. The molecule has 1 atom stereocenters. The molecule has 3 aromatic rings. The van der Waals surface area contributed by atoms with Crippen LogP contribution in [0, 0.1) is 9.54 Å². The number of aromatic amines is 2. The number of hydrogen-bond donors (Lipinski definition) is 4. The van der Waals surface area contributed by atoms with Crippen LogP contribution in [0.2, 0.25) is 0 Å². The second-order valence-electron chi connectivity index (χ2n) is 7.07. The maximum Gasteiger partial charge on any atom is 1.00 e. The molecule has 1 fully saturated rings. The summed E-state index contributed by atoms with van der Waals surface area (Å²) in [7, 11) is 0. The summed E-state index contributed by atoms with van der Waals surface area (Å²) in [6.07, 6.45) is 0.147. The van der Waals surface area contributed by atoms with Gasteiger partial charge in [-0.05, 0) is 67.3 Å². The van der Waals surface area contributed by atoms with Crippen molar-refractivity contribution in [3.8, 4) is 11.4 Å². The van der Waals surface area contributed by atoms with Gasteiger partial charge in [-0.1, -0.05) is 6.07 Å². The van der Waals surface area contributed by atoms with Crippen LogP contribution in [0.5, 0.6) is 5.75 Å². The first-order chi connectivity index (χ1) is 14.9. The Kier molecular flexibility index (Phi) is 8.15. The van der Waals surface area contributed by atoms with E-state index in [1.807, 2.05) is 29.2 Å². The molecular formula is C20H20N5NaO4S2. The number of carbonyl (C=O) groups is 1. The smallest absolute Gasteiger partial charge is 0.545 e. The predicted molar refractivity (Wildman–Crippen MR) is 119 cm³/mol. The number of hydrogen-bond acceptors (Lipinski definition) is 8. The SMILES string of the molecule is O=C([O-])c1cc(OCNc2cccc(-n3c(=S)[nH][nH]c3=S)c2)ccc1N1CCC(O)C1.[Na+]. The minimum absolute atomic E-state index is 0. The number of aromatic nitrogens is 3. The van der Waals surface area contributed by atoms with Crippen LogP contribution in [0.1, 0.15) is 16.8 Å². The molecule has 1 aromatic heterocycles. The summed E-state index contributed by atoms with van der Waals surface area (Å²) in [5.41, 5.74) is 2.11. The van der Waals surface area contributed by atoms with E-state index in [4.69, 9.17) is 29.2 Å². The number of rotatable bonds is 7. The standard InChI is InChI=1S/C20H21N5O4S2.Na/c26-14-6-7-24(10-14)17-5-4-15(9-16(17)18(27)28)29-11-21-12-2-1-3-13(8-12)25-19(30)22-23-20(25)31;/h1-5,8-9,14,21,26H,6-7,10-11H2,(H,22,30)(H,23,31)(H,27,28);/q;+1/p-1. The predicted octanol–water partition coefficient (Wildman–Crippen LogP) is -1.02. The molecule has 12 heteroatoms. The molecule has 1 unspecified atom stereocenters. The molecule has 0 bridgehead atoms. The Morgan fingerprint density at radius 2 is 1.97 bits per heavy atom. The van der Waals surface area contributed by atoms with E-state index in [0.717, 1.165) is 11.4 Å². The number of ether oxygens (including phenoxy) is 1. The first-order valence-corrected chi connectivity index (χ1v) is 10.4. The van der Waals surface area contributed by atoms with E-state index in [1.54, 1.807) is 16.7 Å². The van der Waals surface area contributed by atoms with Crippen LogP contribution >= 0.6 is 24.4 Å². The summed E-state index contributed by atoms with van der Waals surface area (Å²) in [5.74, 6) is -0.899. The molecule has 2 heterocycles. The summed E-state index contributed by atoms with van der Waals surface area (Å²) in [4.78, 5) is 13.5. The van der Waals surface area contributed by atoms with Crippen LogP contribution < -0.4 is 49.6 Å². The average molecular weight is 482 g/mol. The van der Waals surface area contributed by atoms with E-state index in [2.05, 4.69) is 15.5 Å². The second kappa shape index (κ2) is 10.6. The number of H-pyrrole nitrogens is 2. The molecule has 4 rings (SSSR count). The molecule has 1 aliphatic heterocycles. The number of carboxylic acids is 1. The van der Waals surface area contributed by atoms with Crippen molar-refractivity contribution in [3.05, 3.63) is 57.6 Å². The van der Waals surface area contributed by atoms with Crippen molar-refractivity contribution in [2.45, 2.75) is 12.5 Å². The first-order valence-electron chi connectivity index (χ1n) is 9.57. The molecule has 0 radical (unpaired) electrons. The van der Waals surface area contributed by atoms with Gasteiger partial charge in [0, 0.05) is 30.0 Å². The number of aromatic carboxylic acids is 1. The topological polar surface area (TPSA) is 121 Å². The molecule has 9 nitrogen and oxygen atoms in total. The summed E-state index contributed by atoms with van der Waals surface area (Å²) >= 11 is 10.5. The quantitative estimate of drug-likeness (QED) is 0.192. The van der Waals surface area contributed by atoms with Crippen molar-refractivity contribution >= 4 is 41.8 Å². The number of β-amino-alcohol motifs (C(OH)–C–C–N with tert-alkyl or cyclic N) is 1. The number of carboxylic acid groups (broad SMARTS) is 1. The summed E-state index contributed by atoms with van der Waals surface area (Å²) in [5, 5.41) is 30.1. The van der Waals surface area contributed by atoms with E-state index in [-0.39, 0.29) is 41.9 Å². The van der Waals surface area contributed by atoms with Gasteiger partial charge in [0.25, 0.3) is 0 Å². The molecule has 0 saturated carbocycles. The van der Waals surface area contributed by atoms with Gasteiger partial charge < -0.3 is 30.0 Å². The van der Waals surface area contributed by atoms with Gasteiger partial charge in [-0.2, -0.15) is 0 Å². The Bertz CT molecular complexity index is 1200. The van der Waals surface area contributed by atoms with Gasteiger partial charge in [0.1, 0.15) is 5.75 Å². The summed E-state index contributed by atoms with van der Waals surface area (Å²) in [6, 6.07) is 12.3. The Morgan fingerprint density at radius 1 is 1.22 bits per heavy atom. The average Bonchev–Trinajstić information content (AvgIpc) is 3.33. The van der Waals surface area contributed by atoms with Gasteiger partial charge in [0.15, 0.2) is 16.3 Å². The number of anilines is 2. The van der Waals surface area contributed by atoms with Crippen LogP contribution in [0.3, 0.4) is 0 Å². The maximum atomic E-state index is 11.6. The van der Waals surface area contributed by atoms with Crippen molar-refractivity contribution in [2.75, 3.05) is 30.0 Å². The molecule has 2 aromatic carbocycles. The zero-order valence-electron chi connectivity index (χ0n) is 17.3. The summed E-state index contributed by atoms with van der Waals surface area (Å²) < 4.78 is 8.29. The van der Waals surface area contributed by atoms with Crippen LogP contribution in [-0.4, -0.2) is 51.8 Å². The van der Waals surface area contributed by atoms with Crippen molar-refractivity contribution in [3.63, 3.8) is 0 Å². The van der Waals surface area contributed by atoms with Gasteiger partial charge in [-0.15, -0.1) is 0 Å². The minimum atomic E-state index is -1.29. The Hall–Kier alpha value is -2.15. The van der Waals surface area contributed by atoms with Crippen molar-refractivity contribution in [2.24, 2.45) is 0 Å². The number of aliphatic hydroxyl groups excluding tert-OH is 1. The number of carbonyl (C=O) groups excluding carboxylic acids is 1. The normalized spacial score (nSPS) is 15.3. The van der Waals surface area contributed by atoms with E-state index in [9.17, 15) is 15.0 Å². The van der Waals surface area contributed by atoms with E-state index in [0.29, 0.717) is 40.5 Å². The molecule has 1 aliphatic rings. The van der Waals surface area contributed by atoms with E-state index < -0.39 is 12.1 Å². The van der Waals surface area contributed by atoms with Gasteiger partial charge in [-0.25, -0.2) is 0 Å². The number of nitrogens with zero attached hydrogens (tertiary/aromatic N) is 2. The Balaban J connectivity index is 0.00000289. The molecule has 0 spiro atoms. The third kappa shape index (κ3) is 5.42. The molecule has 4 N–H and O–H groups in total. The van der Waals surface area contributed by atoms with E-state index in [1.165, 1.54) is 6.07 Å². The molecule has 1 saturated heterocycles. The summed E-state index contributed by atoms with van der Waals surface area (Å²) in [6.45, 7) is 1.10. The largest absolute Gasteiger partial charge is 1.00 e. The number of benzene rings is 2. The van der Waals surface area contributed by atoms with Gasteiger partial charge >= 0.3 is 29.6 Å². The number of nitrogens with one attached hydrogen (secondary N) is 3. The Morgan fingerprint density at radius 3 is 2.62 bits per heavy atom. The zero-order chi connectivity index (χ0) is 22.0. The molecule has 32 heavy (non-hydrogen) atoms.